The van der Waals surface area contributed by atoms with Gasteiger partial charge in [0.15, 0.2) is 5.75 Å². The third-order valence-corrected chi connectivity index (χ3v) is 5.66. The predicted molar refractivity (Wildman–Crippen MR) is 103 cm³/mol. The predicted octanol–water partition coefficient (Wildman–Crippen LogP) is 6.64. The summed E-state index contributed by atoms with van der Waals surface area (Å²) in [4.78, 5) is 12.3. The molecule has 0 N–H and O–H groups in total. The van der Waals surface area contributed by atoms with Crippen molar-refractivity contribution in [3.05, 3.63) is 57.4 Å². The van der Waals surface area contributed by atoms with Crippen LogP contribution < -0.4 is 9.47 Å². The maximum Gasteiger partial charge on any atom is 0.416 e. The number of hydrogen-bond acceptors (Lipinski definition) is 4. The number of fused-ring (bicyclic) bond motifs is 1. The fourth-order valence-corrected chi connectivity index (χ4v) is 4.02. The van der Waals surface area contributed by atoms with Crippen LogP contribution in [0.2, 0.25) is 5.02 Å². The SMILES string of the molecule is CCc1sc2cc(OCc3ccc(C(F)(F)F)cc3Cl)ccc2c1OC(C)=O. The van der Waals surface area contributed by atoms with Crippen LogP contribution in [0.15, 0.2) is 36.4 Å². The minimum atomic E-state index is -4.44. The Labute approximate surface area is 168 Å². The number of thiophene rings is 1. The topological polar surface area (TPSA) is 35.5 Å². The molecule has 1 aromatic heterocycles. The molecule has 0 aliphatic carbocycles. The first-order chi connectivity index (χ1) is 13.2. The highest BCUT2D eigenvalue weighted by molar-refractivity contribution is 7.19. The van der Waals surface area contributed by atoms with E-state index in [2.05, 4.69) is 0 Å². The van der Waals surface area contributed by atoms with Gasteiger partial charge in [-0.1, -0.05) is 24.6 Å². The van der Waals surface area contributed by atoms with Crippen LogP contribution >= 0.6 is 22.9 Å². The van der Waals surface area contributed by atoms with Gasteiger partial charge >= 0.3 is 12.1 Å². The lowest BCUT2D eigenvalue weighted by Gasteiger charge is -2.11. The molecule has 0 radical (unpaired) electrons. The van der Waals surface area contributed by atoms with Gasteiger partial charge in [0.2, 0.25) is 0 Å². The molecule has 8 heteroatoms. The second kappa shape index (κ2) is 8.01. The zero-order valence-corrected chi connectivity index (χ0v) is 16.6. The van der Waals surface area contributed by atoms with E-state index in [0.29, 0.717) is 17.1 Å². The molecule has 0 atom stereocenters. The van der Waals surface area contributed by atoms with Crippen molar-refractivity contribution in [1.29, 1.82) is 0 Å². The third-order valence-electron chi connectivity index (χ3n) is 4.03. The highest BCUT2D eigenvalue weighted by Gasteiger charge is 2.30. The van der Waals surface area contributed by atoms with Gasteiger partial charge in [0, 0.05) is 32.5 Å². The fraction of sp³-hybridized carbons (Fsp3) is 0.250. The molecule has 0 fully saturated rings. The van der Waals surface area contributed by atoms with Gasteiger partial charge in [-0.3, -0.25) is 4.79 Å². The quantitative estimate of drug-likeness (QED) is 0.427. The number of rotatable bonds is 5. The molecular formula is C20H16ClF3O3S. The molecule has 148 valence electrons. The number of ether oxygens (including phenoxy) is 2. The maximum absolute atomic E-state index is 12.7. The largest absolute Gasteiger partial charge is 0.489 e. The summed E-state index contributed by atoms with van der Waals surface area (Å²) >= 11 is 7.46. The van der Waals surface area contributed by atoms with Crippen LogP contribution in [0.25, 0.3) is 10.1 Å². The van der Waals surface area contributed by atoms with Crippen molar-refractivity contribution < 1.29 is 27.4 Å². The smallest absolute Gasteiger partial charge is 0.416 e. The van der Waals surface area contributed by atoms with E-state index in [9.17, 15) is 18.0 Å². The lowest BCUT2D eigenvalue weighted by Crippen LogP contribution is -2.05. The molecule has 0 spiro atoms. The monoisotopic (exact) mass is 428 g/mol. The van der Waals surface area contributed by atoms with Gasteiger partial charge in [0.1, 0.15) is 12.4 Å². The number of aryl methyl sites for hydroxylation is 1. The van der Waals surface area contributed by atoms with Gasteiger partial charge in [-0.25, -0.2) is 0 Å². The minimum Gasteiger partial charge on any atom is -0.489 e. The van der Waals surface area contributed by atoms with Crippen molar-refractivity contribution in [2.75, 3.05) is 0 Å². The molecule has 0 saturated heterocycles. The number of halogens is 4. The Bertz CT molecular complexity index is 1030. The summed E-state index contributed by atoms with van der Waals surface area (Å²) in [5, 5.41) is 0.814. The first-order valence-electron chi connectivity index (χ1n) is 8.41. The molecule has 0 bridgehead atoms. The molecule has 0 aliphatic rings. The van der Waals surface area contributed by atoms with Crippen molar-refractivity contribution in [3.63, 3.8) is 0 Å². The summed E-state index contributed by atoms with van der Waals surface area (Å²) in [5.74, 6) is 0.723. The van der Waals surface area contributed by atoms with Crippen LogP contribution in [-0.4, -0.2) is 5.97 Å². The van der Waals surface area contributed by atoms with Gasteiger partial charge in [0.25, 0.3) is 0 Å². The normalized spacial score (nSPS) is 11.6. The Morgan fingerprint density at radius 1 is 1.18 bits per heavy atom. The number of carbonyl (C=O) groups excluding carboxylic acids is 1. The number of esters is 1. The Hall–Kier alpha value is -2.25. The van der Waals surface area contributed by atoms with Crippen molar-refractivity contribution in [2.45, 2.75) is 33.1 Å². The Balaban J connectivity index is 1.81. The number of carbonyl (C=O) groups is 1. The summed E-state index contributed by atoms with van der Waals surface area (Å²) in [5.41, 5.74) is -0.345. The van der Waals surface area contributed by atoms with Gasteiger partial charge in [-0.05, 0) is 36.8 Å². The maximum atomic E-state index is 12.7. The van der Waals surface area contributed by atoms with E-state index < -0.39 is 11.7 Å². The standard InChI is InChI=1S/C20H16ClF3O3S/c1-3-17-19(27-11(2)25)15-7-6-14(9-18(15)28-17)26-10-12-4-5-13(8-16(12)21)20(22,23)24/h4-9H,3,10H2,1-2H3. The molecule has 2 aromatic carbocycles. The van der Waals surface area contributed by atoms with E-state index in [0.717, 1.165) is 33.5 Å². The van der Waals surface area contributed by atoms with E-state index in [4.69, 9.17) is 21.1 Å². The second-order valence-electron chi connectivity index (χ2n) is 6.05. The molecule has 3 nitrogen and oxygen atoms in total. The van der Waals surface area contributed by atoms with Crippen molar-refractivity contribution >= 4 is 39.0 Å². The first-order valence-corrected chi connectivity index (χ1v) is 9.60. The first kappa shape index (κ1) is 20.5. The molecule has 0 amide bonds. The Morgan fingerprint density at radius 2 is 1.93 bits per heavy atom. The second-order valence-corrected chi connectivity index (χ2v) is 7.60. The summed E-state index contributed by atoms with van der Waals surface area (Å²) in [6.45, 7) is 3.36. The van der Waals surface area contributed by atoms with Crippen LogP contribution in [0.5, 0.6) is 11.5 Å². The molecule has 0 saturated carbocycles. The average molecular weight is 429 g/mol. The van der Waals surface area contributed by atoms with Gasteiger partial charge in [0.05, 0.1) is 5.56 Å². The zero-order chi connectivity index (χ0) is 20.5. The Kier molecular flexibility index (Phi) is 5.86. The summed E-state index contributed by atoms with van der Waals surface area (Å²) in [6.07, 6.45) is -3.72. The Morgan fingerprint density at radius 3 is 2.54 bits per heavy atom. The van der Waals surface area contributed by atoms with Gasteiger partial charge in [-0.2, -0.15) is 13.2 Å². The summed E-state index contributed by atoms with van der Waals surface area (Å²) in [6, 6.07) is 8.51. The van der Waals surface area contributed by atoms with Crippen molar-refractivity contribution in [1.82, 2.24) is 0 Å². The van der Waals surface area contributed by atoms with Crippen LogP contribution in [0.4, 0.5) is 13.2 Å². The van der Waals surface area contributed by atoms with Gasteiger partial charge < -0.3 is 9.47 Å². The van der Waals surface area contributed by atoms with E-state index >= 15 is 0 Å². The average Bonchev–Trinajstić information content (AvgIpc) is 2.96. The molecule has 0 aliphatic heterocycles. The van der Waals surface area contributed by atoms with Crippen LogP contribution in [0, 0.1) is 0 Å². The minimum absolute atomic E-state index is 0.00237. The molecular weight excluding hydrogens is 413 g/mol. The van der Waals surface area contributed by atoms with Gasteiger partial charge in [-0.15, -0.1) is 11.3 Å². The van der Waals surface area contributed by atoms with E-state index in [1.807, 2.05) is 13.0 Å². The van der Waals surface area contributed by atoms with E-state index in [1.165, 1.54) is 24.3 Å². The third kappa shape index (κ3) is 4.42. The number of hydrogen-bond donors (Lipinski definition) is 0. The fourth-order valence-electron chi connectivity index (χ4n) is 2.68. The van der Waals surface area contributed by atoms with Crippen LogP contribution in [-0.2, 0) is 24.0 Å². The number of alkyl halides is 3. The zero-order valence-electron chi connectivity index (χ0n) is 15.0. The highest BCUT2D eigenvalue weighted by Crippen LogP contribution is 2.40. The van der Waals surface area contributed by atoms with Crippen molar-refractivity contribution in [2.24, 2.45) is 0 Å². The van der Waals surface area contributed by atoms with E-state index in [1.54, 1.807) is 12.1 Å². The molecule has 1 heterocycles. The lowest BCUT2D eigenvalue weighted by atomic mass is 10.1. The number of benzene rings is 2. The lowest BCUT2D eigenvalue weighted by molar-refractivity contribution is -0.137. The molecule has 3 rings (SSSR count). The summed E-state index contributed by atoms with van der Waals surface area (Å²) < 4.78 is 50.1. The summed E-state index contributed by atoms with van der Waals surface area (Å²) in [7, 11) is 0. The molecule has 0 unspecified atom stereocenters. The highest BCUT2D eigenvalue weighted by atomic mass is 35.5. The van der Waals surface area contributed by atoms with E-state index in [-0.39, 0.29) is 17.6 Å². The molecule has 28 heavy (non-hydrogen) atoms. The molecule has 3 aromatic rings. The van der Waals surface area contributed by atoms with Crippen LogP contribution in [0.1, 0.15) is 29.9 Å². The van der Waals surface area contributed by atoms with Crippen LogP contribution in [0.3, 0.4) is 0 Å². The van der Waals surface area contributed by atoms with Crippen molar-refractivity contribution in [3.8, 4) is 11.5 Å².